The SMILES string of the molecule is CC(C)N=C(CCCCCCCC(=NC(C)C)n1c2ccccc2c2ccccc21)n1c2ccccc2c2ccccc21. The highest BCUT2D eigenvalue weighted by Gasteiger charge is 2.16. The number of para-hydroxylation sites is 4. The maximum Gasteiger partial charge on any atom is 0.108 e. The second-order valence-electron chi connectivity index (χ2n) is 12.3. The summed E-state index contributed by atoms with van der Waals surface area (Å²) in [5.41, 5.74) is 5.02. The molecule has 4 aromatic carbocycles. The summed E-state index contributed by atoms with van der Waals surface area (Å²) in [6, 6.07) is 35.5. The van der Waals surface area contributed by atoms with Gasteiger partial charge in [-0.05, 0) is 64.8 Å². The maximum atomic E-state index is 5.14. The number of unbranched alkanes of at least 4 members (excludes halogenated alkanes) is 4. The number of hydrogen-bond acceptors (Lipinski definition) is 2. The molecule has 0 unspecified atom stereocenters. The van der Waals surface area contributed by atoms with E-state index in [9.17, 15) is 0 Å². The quantitative estimate of drug-likeness (QED) is 0.0895. The Hall–Kier alpha value is -4.18. The number of aromatic nitrogens is 2. The molecule has 0 spiro atoms. The molecule has 6 rings (SSSR count). The first-order valence-electron chi connectivity index (χ1n) is 16.1. The zero-order valence-corrected chi connectivity index (χ0v) is 26.1. The molecule has 0 aliphatic carbocycles. The Balaban J connectivity index is 1.12. The average Bonchev–Trinajstić information content (AvgIpc) is 3.52. The van der Waals surface area contributed by atoms with Crippen molar-refractivity contribution >= 4 is 55.3 Å². The summed E-state index contributed by atoms with van der Waals surface area (Å²) in [4.78, 5) is 10.3. The van der Waals surface area contributed by atoms with E-state index in [1.54, 1.807) is 0 Å². The molecule has 0 bridgehead atoms. The van der Waals surface area contributed by atoms with Crippen molar-refractivity contribution in [1.82, 2.24) is 9.13 Å². The predicted octanol–water partition coefficient (Wildman–Crippen LogP) is 10.6. The van der Waals surface area contributed by atoms with Crippen LogP contribution < -0.4 is 0 Å². The van der Waals surface area contributed by atoms with Gasteiger partial charge in [-0.15, -0.1) is 0 Å². The van der Waals surface area contributed by atoms with E-state index < -0.39 is 0 Å². The fourth-order valence-electron chi connectivity index (χ4n) is 6.56. The third kappa shape index (κ3) is 6.01. The van der Waals surface area contributed by atoms with Crippen LogP contribution in [0, 0.1) is 0 Å². The lowest BCUT2D eigenvalue weighted by Crippen LogP contribution is -2.14. The van der Waals surface area contributed by atoms with E-state index in [4.69, 9.17) is 9.98 Å². The molecule has 4 nitrogen and oxygen atoms in total. The van der Waals surface area contributed by atoms with Crippen molar-refractivity contribution in [2.75, 3.05) is 0 Å². The van der Waals surface area contributed by atoms with Crippen LogP contribution in [0.5, 0.6) is 0 Å². The Kier molecular flexibility index (Phi) is 8.74. The average molecular weight is 569 g/mol. The number of benzene rings is 4. The molecular weight excluding hydrogens is 524 g/mol. The first kappa shape index (κ1) is 28.9. The molecule has 2 heterocycles. The summed E-state index contributed by atoms with van der Waals surface area (Å²) in [6.45, 7) is 8.73. The van der Waals surface area contributed by atoms with Gasteiger partial charge in [-0.2, -0.15) is 0 Å². The number of nitrogens with zero attached hydrogens (tertiary/aromatic N) is 4. The van der Waals surface area contributed by atoms with Crippen LogP contribution in [-0.4, -0.2) is 32.9 Å². The molecule has 0 aliphatic heterocycles. The molecular formula is C39H44N4. The van der Waals surface area contributed by atoms with E-state index in [-0.39, 0.29) is 12.1 Å². The zero-order chi connectivity index (χ0) is 29.8. The standard InChI is InChI=1S/C39H44N4/c1-28(2)40-38(42-34-22-14-10-18-30(34)31-19-11-15-23-35(31)42)26-8-6-5-7-9-27-39(41-29(3)4)43-36-24-16-12-20-32(36)33-21-13-17-25-37(33)43/h10-25,28-29H,5-9,26-27H2,1-4H3. The Labute approximate surface area is 255 Å². The molecule has 0 radical (unpaired) electrons. The van der Waals surface area contributed by atoms with Crippen LogP contribution >= 0.6 is 0 Å². The lowest BCUT2D eigenvalue weighted by atomic mass is 10.1. The molecule has 220 valence electrons. The second kappa shape index (κ2) is 13.0. The van der Waals surface area contributed by atoms with Gasteiger partial charge in [-0.25, -0.2) is 0 Å². The zero-order valence-electron chi connectivity index (χ0n) is 26.1. The topological polar surface area (TPSA) is 34.6 Å². The van der Waals surface area contributed by atoms with Crippen molar-refractivity contribution in [3.8, 4) is 0 Å². The molecule has 0 saturated heterocycles. The van der Waals surface area contributed by atoms with Crippen molar-refractivity contribution in [3.05, 3.63) is 97.1 Å². The van der Waals surface area contributed by atoms with Gasteiger partial charge in [0.1, 0.15) is 11.7 Å². The van der Waals surface area contributed by atoms with Crippen molar-refractivity contribution in [2.45, 2.75) is 84.7 Å². The third-order valence-corrected chi connectivity index (χ3v) is 8.29. The van der Waals surface area contributed by atoms with E-state index in [2.05, 4.69) is 134 Å². The highest BCUT2D eigenvalue weighted by atomic mass is 15.1. The molecule has 43 heavy (non-hydrogen) atoms. The van der Waals surface area contributed by atoms with Gasteiger partial charge in [-0.1, -0.05) is 92.1 Å². The fraction of sp³-hybridized carbons (Fsp3) is 0.333. The summed E-state index contributed by atoms with van der Waals surface area (Å²) >= 11 is 0. The summed E-state index contributed by atoms with van der Waals surface area (Å²) in [5, 5.41) is 5.21. The van der Waals surface area contributed by atoms with Gasteiger partial charge in [0.05, 0.1) is 22.1 Å². The van der Waals surface area contributed by atoms with Crippen molar-refractivity contribution in [2.24, 2.45) is 9.98 Å². The minimum absolute atomic E-state index is 0.259. The number of rotatable bonds is 10. The predicted molar refractivity (Wildman–Crippen MR) is 187 cm³/mol. The van der Waals surface area contributed by atoms with Crippen LogP contribution in [-0.2, 0) is 0 Å². The minimum atomic E-state index is 0.259. The summed E-state index contributed by atoms with van der Waals surface area (Å²) in [5.74, 6) is 2.37. The summed E-state index contributed by atoms with van der Waals surface area (Å²) < 4.78 is 4.82. The van der Waals surface area contributed by atoms with E-state index in [0.29, 0.717) is 0 Å². The van der Waals surface area contributed by atoms with Gasteiger partial charge in [-0.3, -0.25) is 19.1 Å². The number of fused-ring (bicyclic) bond motifs is 6. The smallest absolute Gasteiger partial charge is 0.108 e. The van der Waals surface area contributed by atoms with Crippen LogP contribution in [0.25, 0.3) is 43.6 Å². The molecule has 4 heteroatoms. The Morgan fingerprint density at radius 1 is 0.442 bits per heavy atom. The van der Waals surface area contributed by atoms with Gasteiger partial charge in [0.25, 0.3) is 0 Å². The van der Waals surface area contributed by atoms with E-state index in [1.165, 1.54) is 74.5 Å². The van der Waals surface area contributed by atoms with Crippen LogP contribution in [0.3, 0.4) is 0 Å². The van der Waals surface area contributed by atoms with E-state index in [0.717, 1.165) is 25.7 Å². The Morgan fingerprint density at radius 2 is 0.721 bits per heavy atom. The van der Waals surface area contributed by atoms with Gasteiger partial charge >= 0.3 is 0 Å². The van der Waals surface area contributed by atoms with Crippen molar-refractivity contribution < 1.29 is 0 Å². The number of hydrogen-bond donors (Lipinski definition) is 0. The summed E-state index contributed by atoms with van der Waals surface area (Å²) in [7, 11) is 0. The lowest BCUT2D eigenvalue weighted by Gasteiger charge is -2.14. The third-order valence-electron chi connectivity index (χ3n) is 8.29. The van der Waals surface area contributed by atoms with Gasteiger partial charge < -0.3 is 0 Å². The van der Waals surface area contributed by atoms with Gasteiger partial charge in [0.2, 0.25) is 0 Å². The molecule has 0 atom stereocenters. The number of aliphatic imine (C=N–C) groups is 2. The van der Waals surface area contributed by atoms with E-state index in [1.807, 2.05) is 0 Å². The van der Waals surface area contributed by atoms with Crippen LogP contribution in [0.1, 0.15) is 72.6 Å². The van der Waals surface area contributed by atoms with Crippen molar-refractivity contribution in [3.63, 3.8) is 0 Å². The summed E-state index contributed by atoms with van der Waals surface area (Å²) in [6.07, 6.45) is 7.91. The highest BCUT2D eigenvalue weighted by Crippen LogP contribution is 2.31. The van der Waals surface area contributed by atoms with Crippen LogP contribution in [0.4, 0.5) is 0 Å². The Morgan fingerprint density at radius 3 is 1.02 bits per heavy atom. The van der Waals surface area contributed by atoms with Crippen LogP contribution in [0.2, 0.25) is 0 Å². The lowest BCUT2D eigenvalue weighted by molar-refractivity contribution is 0.625. The van der Waals surface area contributed by atoms with Gasteiger partial charge in [0.15, 0.2) is 0 Å². The van der Waals surface area contributed by atoms with Gasteiger partial charge in [0, 0.05) is 46.5 Å². The molecule has 6 aromatic rings. The monoisotopic (exact) mass is 568 g/mol. The normalized spacial score (nSPS) is 13.1. The molecule has 0 N–H and O–H groups in total. The molecule has 0 aliphatic rings. The second-order valence-corrected chi connectivity index (χ2v) is 12.3. The molecule has 0 fully saturated rings. The first-order chi connectivity index (χ1) is 21.0. The Bertz CT molecular complexity index is 1670. The maximum absolute atomic E-state index is 5.14. The highest BCUT2D eigenvalue weighted by molar-refractivity contribution is 6.15. The van der Waals surface area contributed by atoms with E-state index >= 15 is 0 Å². The van der Waals surface area contributed by atoms with Crippen molar-refractivity contribution in [1.29, 1.82) is 0 Å². The molecule has 2 aromatic heterocycles. The van der Waals surface area contributed by atoms with Crippen LogP contribution in [0.15, 0.2) is 107 Å². The largest absolute Gasteiger partial charge is 0.298 e. The molecule has 0 saturated carbocycles. The molecule has 0 amide bonds. The fourth-order valence-corrected chi connectivity index (χ4v) is 6.56. The first-order valence-corrected chi connectivity index (χ1v) is 16.1. The minimum Gasteiger partial charge on any atom is -0.298 e.